The van der Waals surface area contributed by atoms with E-state index in [0.717, 1.165) is 5.69 Å². The molecule has 3 rings (SSSR count). The summed E-state index contributed by atoms with van der Waals surface area (Å²) in [4.78, 5) is 11.2. The SMILES string of the molecule is Clc1ccc(NCc2nc(-c3ncc[nH]3)no2)cc1. The molecule has 0 aliphatic rings. The van der Waals surface area contributed by atoms with Gasteiger partial charge in [0.15, 0.2) is 5.82 Å². The van der Waals surface area contributed by atoms with Crippen molar-refractivity contribution in [3.8, 4) is 11.6 Å². The predicted octanol–water partition coefficient (Wildman–Crippen LogP) is 2.73. The number of hydrogen-bond acceptors (Lipinski definition) is 5. The van der Waals surface area contributed by atoms with E-state index < -0.39 is 0 Å². The maximum absolute atomic E-state index is 5.81. The van der Waals surface area contributed by atoms with E-state index in [1.807, 2.05) is 24.3 Å². The summed E-state index contributed by atoms with van der Waals surface area (Å²) < 4.78 is 5.12. The molecule has 0 aliphatic carbocycles. The highest BCUT2D eigenvalue weighted by molar-refractivity contribution is 6.30. The zero-order valence-electron chi connectivity index (χ0n) is 9.80. The Bertz CT molecular complexity index is 647. The van der Waals surface area contributed by atoms with Gasteiger partial charge in [0.25, 0.3) is 0 Å². The van der Waals surface area contributed by atoms with Gasteiger partial charge in [-0.3, -0.25) is 0 Å². The van der Waals surface area contributed by atoms with Gasteiger partial charge < -0.3 is 14.8 Å². The van der Waals surface area contributed by atoms with Crippen LogP contribution in [0.3, 0.4) is 0 Å². The second-order valence-electron chi connectivity index (χ2n) is 3.81. The first-order valence-electron chi connectivity index (χ1n) is 5.63. The molecule has 1 aromatic carbocycles. The van der Waals surface area contributed by atoms with E-state index in [0.29, 0.717) is 29.1 Å². The standard InChI is InChI=1S/C12H10ClN5O/c13-8-1-3-9(4-2-8)16-7-10-17-12(18-19-10)11-14-5-6-15-11/h1-6,16H,7H2,(H,14,15). The Morgan fingerprint density at radius 2 is 2.11 bits per heavy atom. The Morgan fingerprint density at radius 3 is 2.84 bits per heavy atom. The second-order valence-corrected chi connectivity index (χ2v) is 4.25. The topological polar surface area (TPSA) is 79.6 Å². The molecule has 2 N–H and O–H groups in total. The Hall–Kier alpha value is -2.34. The summed E-state index contributed by atoms with van der Waals surface area (Å²) >= 11 is 5.81. The molecule has 0 fully saturated rings. The van der Waals surface area contributed by atoms with Gasteiger partial charge in [0.05, 0.1) is 6.54 Å². The number of halogens is 1. The summed E-state index contributed by atoms with van der Waals surface area (Å²) in [6, 6.07) is 7.39. The summed E-state index contributed by atoms with van der Waals surface area (Å²) in [5.74, 6) is 1.51. The zero-order chi connectivity index (χ0) is 13.1. The fraction of sp³-hybridized carbons (Fsp3) is 0.0833. The van der Waals surface area contributed by atoms with Gasteiger partial charge in [-0.1, -0.05) is 16.8 Å². The molecule has 6 nitrogen and oxygen atoms in total. The first kappa shape index (κ1) is 11.7. The molecule has 96 valence electrons. The first-order valence-corrected chi connectivity index (χ1v) is 6.01. The van der Waals surface area contributed by atoms with Gasteiger partial charge in [0.1, 0.15) is 0 Å². The zero-order valence-corrected chi connectivity index (χ0v) is 10.6. The average Bonchev–Trinajstić information content (AvgIpc) is 3.09. The van der Waals surface area contributed by atoms with Gasteiger partial charge >= 0.3 is 0 Å². The number of rotatable bonds is 4. The molecular formula is C12H10ClN5O. The quantitative estimate of drug-likeness (QED) is 0.765. The minimum Gasteiger partial charge on any atom is -0.376 e. The van der Waals surface area contributed by atoms with E-state index in [-0.39, 0.29) is 0 Å². The van der Waals surface area contributed by atoms with Crippen molar-refractivity contribution in [1.82, 2.24) is 20.1 Å². The highest BCUT2D eigenvalue weighted by Crippen LogP contribution is 2.15. The lowest BCUT2D eigenvalue weighted by atomic mass is 10.3. The van der Waals surface area contributed by atoms with Crippen molar-refractivity contribution in [2.75, 3.05) is 5.32 Å². The van der Waals surface area contributed by atoms with Crippen LogP contribution in [0.25, 0.3) is 11.6 Å². The first-order chi connectivity index (χ1) is 9.31. The minimum atomic E-state index is 0.440. The van der Waals surface area contributed by atoms with E-state index in [1.54, 1.807) is 12.4 Å². The monoisotopic (exact) mass is 275 g/mol. The lowest BCUT2D eigenvalue weighted by Crippen LogP contribution is -1.99. The van der Waals surface area contributed by atoms with Crippen LogP contribution in [-0.2, 0) is 6.54 Å². The van der Waals surface area contributed by atoms with E-state index in [4.69, 9.17) is 16.1 Å². The van der Waals surface area contributed by atoms with Crippen molar-refractivity contribution in [3.63, 3.8) is 0 Å². The number of nitrogens with zero attached hydrogens (tertiary/aromatic N) is 3. The summed E-state index contributed by atoms with van der Waals surface area (Å²) in [7, 11) is 0. The molecule has 0 saturated carbocycles. The van der Waals surface area contributed by atoms with Crippen molar-refractivity contribution in [1.29, 1.82) is 0 Å². The van der Waals surface area contributed by atoms with Crippen LogP contribution in [0, 0.1) is 0 Å². The van der Waals surface area contributed by atoms with E-state index in [1.165, 1.54) is 0 Å². The molecule has 0 unspecified atom stereocenters. The molecule has 0 radical (unpaired) electrons. The minimum absolute atomic E-state index is 0.440. The van der Waals surface area contributed by atoms with Crippen LogP contribution in [-0.4, -0.2) is 20.1 Å². The van der Waals surface area contributed by atoms with Gasteiger partial charge in [0.2, 0.25) is 11.7 Å². The van der Waals surface area contributed by atoms with Crippen molar-refractivity contribution >= 4 is 17.3 Å². The summed E-state index contributed by atoms with van der Waals surface area (Å²) in [6.45, 7) is 0.440. The van der Waals surface area contributed by atoms with Crippen LogP contribution < -0.4 is 5.32 Å². The van der Waals surface area contributed by atoms with Crippen molar-refractivity contribution in [2.45, 2.75) is 6.54 Å². The molecule has 19 heavy (non-hydrogen) atoms. The molecule has 0 bridgehead atoms. The van der Waals surface area contributed by atoms with Crippen molar-refractivity contribution in [2.24, 2.45) is 0 Å². The fourth-order valence-electron chi connectivity index (χ4n) is 1.56. The number of nitrogens with one attached hydrogen (secondary N) is 2. The molecule has 2 heterocycles. The van der Waals surface area contributed by atoms with Crippen LogP contribution in [0.4, 0.5) is 5.69 Å². The second kappa shape index (κ2) is 5.11. The Kier molecular flexibility index (Phi) is 3.16. The molecule has 7 heteroatoms. The van der Waals surface area contributed by atoms with E-state index in [9.17, 15) is 0 Å². The smallest absolute Gasteiger partial charge is 0.246 e. The van der Waals surface area contributed by atoms with E-state index in [2.05, 4.69) is 25.4 Å². The highest BCUT2D eigenvalue weighted by Gasteiger charge is 2.09. The molecule has 2 aromatic heterocycles. The molecule has 0 spiro atoms. The van der Waals surface area contributed by atoms with Crippen molar-refractivity contribution < 1.29 is 4.52 Å². The number of aromatic nitrogens is 4. The number of hydrogen-bond donors (Lipinski definition) is 2. The summed E-state index contributed by atoms with van der Waals surface area (Å²) in [5.41, 5.74) is 0.933. The van der Waals surface area contributed by atoms with Gasteiger partial charge in [0, 0.05) is 23.1 Å². The number of aromatic amines is 1. The van der Waals surface area contributed by atoms with Gasteiger partial charge in [-0.05, 0) is 24.3 Å². The van der Waals surface area contributed by atoms with Crippen molar-refractivity contribution in [3.05, 3.63) is 47.6 Å². The van der Waals surface area contributed by atoms with Gasteiger partial charge in [-0.25, -0.2) is 4.98 Å². The van der Waals surface area contributed by atoms with Gasteiger partial charge in [-0.15, -0.1) is 0 Å². The van der Waals surface area contributed by atoms with Crippen LogP contribution in [0.1, 0.15) is 5.89 Å². The Labute approximate surface area is 113 Å². The fourth-order valence-corrected chi connectivity index (χ4v) is 1.68. The van der Waals surface area contributed by atoms with E-state index >= 15 is 0 Å². The van der Waals surface area contributed by atoms with Crippen LogP contribution >= 0.6 is 11.6 Å². The number of benzene rings is 1. The number of imidazole rings is 1. The number of anilines is 1. The average molecular weight is 276 g/mol. The molecule has 0 aliphatic heterocycles. The van der Waals surface area contributed by atoms with Crippen LogP contribution in [0.5, 0.6) is 0 Å². The van der Waals surface area contributed by atoms with Crippen LogP contribution in [0.15, 0.2) is 41.2 Å². The highest BCUT2D eigenvalue weighted by atomic mass is 35.5. The molecule has 0 amide bonds. The Balaban J connectivity index is 1.66. The molecule has 0 saturated heterocycles. The normalized spacial score (nSPS) is 10.6. The third-order valence-corrected chi connectivity index (χ3v) is 2.72. The largest absolute Gasteiger partial charge is 0.376 e. The maximum atomic E-state index is 5.81. The lowest BCUT2D eigenvalue weighted by Gasteiger charge is -2.02. The third-order valence-electron chi connectivity index (χ3n) is 2.47. The Morgan fingerprint density at radius 1 is 1.26 bits per heavy atom. The number of H-pyrrole nitrogens is 1. The summed E-state index contributed by atoms with van der Waals surface area (Å²) in [5, 5.41) is 7.70. The molecule has 0 atom stereocenters. The lowest BCUT2D eigenvalue weighted by molar-refractivity contribution is 0.384. The van der Waals surface area contributed by atoms with Crippen LogP contribution in [0.2, 0.25) is 5.02 Å². The molecule has 3 aromatic rings. The molecular weight excluding hydrogens is 266 g/mol. The summed E-state index contributed by atoms with van der Waals surface area (Å²) in [6.07, 6.45) is 3.34. The third kappa shape index (κ3) is 2.74. The maximum Gasteiger partial charge on any atom is 0.246 e. The predicted molar refractivity (Wildman–Crippen MR) is 70.7 cm³/mol. The van der Waals surface area contributed by atoms with Gasteiger partial charge in [-0.2, -0.15) is 4.98 Å².